The van der Waals surface area contributed by atoms with Crippen molar-refractivity contribution in [1.29, 1.82) is 0 Å². The van der Waals surface area contributed by atoms with E-state index in [9.17, 15) is 4.79 Å². The lowest BCUT2D eigenvalue weighted by molar-refractivity contribution is -0.134. The van der Waals surface area contributed by atoms with Crippen LogP contribution in [-0.2, 0) is 4.79 Å². The van der Waals surface area contributed by atoms with Crippen LogP contribution in [0.3, 0.4) is 0 Å². The third kappa shape index (κ3) is 2.79. The second-order valence-corrected chi connectivity index (χ2v) is 6.72. The van der Waals surface area contributed by atoms with Crippen molar-refractivity contribution in [2.45, 2.75) is 38.5 Å². The van der Waals surface area contributed by atoms with Gasteiger partial charge in [-0.15, -0.1) is 0 Å². The zero-order valence-electron chi connectivity index (χ0n) is 11.9. The van der Waals surface area contributed by atoms with Crippen LogP contribution in [0.4, 0.5) is 0 Å². The van der Waals surface area contributed by atoms with Crippen molar-refractivity contribution in [2.75, 3.05) is 39.3 Å². The SMILES string of the molecule is NCC1CC12CCN(C(=O)CN1CCCCC1)CC2. The van der Waals surface area contributed by atoms with Crippen LogP contribution in [-0.4, -0.2) is 55.0 Å². The molecule has 0 aromatic rings. The monoisotopic (exact) mass is 265 g/mol. The Kier molecular flexibility index (Phi) is 3.81. The summed E-state index contributed by atoms with van der Waals surface area (Å²) in [6, 6.07) is 0. The lowest BCUT2D eigenvalue weighted by atomic mass is 9.91. The van der Waals surface area contributed by atoms with E-state index < -0.39 is 0 Å². The van der Waals surface area contributed by atoms with Crippen LogP contribution >= 0.6 is 0 Å². The standard InChI is InChI=1S/C15H27N3O/c16-11-13-10-15(13)4-8-18(9-5-15)14(19)12-17-6-2-1-3-7-17/h13H,1-12,16H2. The number of amides is 1. The van der Waals surface area contributed by atoms with Crippen LogP contribution in [0.1, 0.15) is 38.5 Å². The summed E-state index contributed by atoms with van der Waals surface area (Å²) in [7, 11) is 0. The first kappa shape index (κ1) is 13.4. The molecule has 0 bridgehead atoms. The van der Waals surface area contributed by atoms with E-state index in [1.807, 2.05) is 0 Å². The van der Waals surface area contributed by atoms with Gasteiger partial charge in [-0.05, 0) is 63.1 Å². The van der Waals surface area contributed by atoms with Crippen molar-refractivity contribution >= 4 is 5.91 Å². The molecule has 1 aliphatic carbocycles. The minimum Gasteiger partial charge on any atom is -0.342 e. The molecule has 1 atom stereocenters. The predicted molar refractivity (Wildman–Crippen MR) is 75.7 cm³/mol. The summed E-state index contributed by atoms with van der Waals surface area (Å²) in [6.07, 6.45) is 7.51. The smallest absolute Gasteiger partial charge is 0.236 e. The van der Waals surface area contributed by atoms with Gasteiger partial charge in [0.15, 0.2) is 0 Å². The molecule has 19 heavy (non-hydrogen) atoms. The zero-order valence-corrected chi connectivity index (χ0v) is 11.9. The van der Waals surface area contributed by atoms with Crippen LogP contribution in [0.2, 0.25) is 0 Å². The van der Waals surface area contributed by atoms with E-state index in [0.717, 1.165) is 38.6 Å². The normalized spacial score (nSPS) is 30.6. The van der Waals surface area contributed by atoms with Crippen LogP contribution in [0.25, 0.3) is 0 Å². The highest BCUT2D eigenvalue weighted by Crippen LogP contribution is 2.58. The summed E-state index contributed by atoms with van der Waals surface area (Å²) in [4.78, 5) is 16.7. The van der Waals surface area contributed by atoms with Crippen molar-refractivity contribution in [3.8, 4) is 0 Å². The molecular weight excluding hydrogens is 238 g/mol. The summed E-state index contributed by atoms with van der Waals surface area (Å²) in [5, 5.41) is 0. The maximum Gasteiger partial charge on any atom is 0.236 e. The minimum atomic E-state index is 0.349. The van der Waals surface area contributed by atoms with Gasteiger partial charge in [0.2, 0.25) is 5.91 Å². The molecule has 1 spiro atoms. The van der Waals surface area contributed by atoms with E-state index in [1.165, 1.54) is 38.5 Å². The molecule has 3 fully saturated rings. The average Bonchev–Trinajstić information content (AvgIpc) is 3.13. The van der Waals surface area contributed by atoms with Crippen LogP contribution in [0.5, 0.6) is 0 Å². The van der Waals surface area contributed by atoms with Crippen molar-refractivity contribution in [3.05, 3.63) is 0 Å². The molecule has 1 amide bonds. The molecule has 108 valence electrons. The molecule has 4 heteroatoms. The molecule has 2 N–H and O–H groups in total. The molecule has 0 aromatic heterocycles. The lowest BCUT2D eigenvalue weighted by Gasteiger charge is -2.35. The molecule has 0 radical (unpaired) electrons. The van der Waals surface area contributed by atoms with Gasteiger partial charge in [-0.3, -0.25) is 9.69 Å². The van der Waals surface area contributed by atoms with Gasteiger partial charge in [0.05, 0.1) is 6.54 Å². The Morgan fingerprint density at radius 3 is 2.37 bits per heavy atom. The summed E-state index contributed by atoms with van der Waals surface area (Å²) in [5.41, 5.74) is 6.29. The molecule has 4 nitrogen and oxygen atoms in total. The third-order valence-corrected chi connectivity index (χ3v) is 5.56. The largest absolute Gasteiger partial charge is 0.342 e. The summed E-state index contributed by atoms with van der Waals surface area (Å²) in [5.74, 6) is 1.09. The Hall–Kier alpha value is -0.610. The van der Waals surface area contributed by atoms with Crippen molar-refractivity contribution in [2.24, 2.45) is 17.1 Å². The molecule has 1 saturated carbocycles. The molecule has 3 aliphatic rings. The van der Waals surface area contributed by atoms with E-state index in [4.69, 9.17) is 5.73 Å². The van der Waals surface area contributed by atoms with Gasteiger partial charge >= 0.3 is 0 Å². The van der Waals surface area contributed by atoms with Crippen LogP contribution < -0.4 is 5.73 Å². The van der Waals surface area contributed by atoms with Gasteiger partial charge in [0.1, 0.15) is 0 Å². The fourth-order valence-electron chi connectivity index (χ4n) is 3.99. The first-order valence-corrected chi connectivity index (χ1v) is 7.94. The number of carbonyl (C=O) groups excluding carboxylic acids is 1. The van der Waals surface area contributed by atoms with Gasteiger partial charge in [-0.1, -0.05) is 6.42 Å². The Morgan fingerprint density at radius 1 is 1.11 bits per heavy atom. The molecule has 3 rings (SSSR count). The van der Waals surface area contributed by atoms with E-state index in [0.29, 0.717) is 17.9 Å². The minimum absolute atomic E-state index is 0.349. The van der Waals surface area contributed by atoms with Gasteiger partial charge < -0.3 is 10.6 Å². The first-order chi connectivity index (χ1) is 9.23. The fraction of sp³-hybridized carbons (Fsp3) is 0.933. The van der Waals surface area contributed by atoms with Crippen molar-refractivity contribution < 1.29 is 4.79 Å². The van der Waals surface area contributed by atoms with E-state index in [-0.39, 0.29) is 0 Å². The third-order valence-electron chi connectivity index (χ3n) is 5.56. The summed E-state index contributed by atoms with van der Waals surface area (Å²) >= 11 is 0. The maximum atomic E-state index is 12.3. The number of hydrogen-bond acceptors (Lipinski definition) is 3. The molecule has 0 aromatic carbocycles. The van der Waals surface area contributed by atoms with E-state index in [2.05, 4.69) is 9.80 Å². The summed E-state index contributed by atoms with van der Waals surface area (Å²) in [6.45, 7) is 5.62. The Balaban J connectivity index is 1.44. The van der Waals surface area contributed by atoms with Crippen molar-refractivity contribution in [3.63, 3.8) is 0 Å². The predicted octanol–water partition coefficient (Wildman–Crippen LogP) is 1.06. The van der Waals surface area contributed by atoms with Gasteiger partial charge in [0.25, 0.3) is 0 Å². The second-order valence-electron chi connectivity index (χ2n) is 6.72. The van der Waals surface area contributed by atoms with E-state index in [1.54, 1.807) is 0 Å². The maximum absolute atomic E-state index is 12.3. The lowest BCUT2D eigenvalue weighted by Crippen LogP contribution is -2.46. The Bertz CT molecular complexity index is 330. The van der Waals surface area contributed by atoms with Crippen LogP contribution in [0, 0.1) is 11.3 Å². The highest BCUT2D eigenvalue weighted by Gasteiger charge is 2.54. The van der Waals surface area contributed by atoms with Gasteiger partial charge in [-0.2, -0.15) is 0 Å². The molecule has 1 unspecified atom stereocenters. The number of carbonyl (C=O) groups is 1. The second kappa shape index (κ2) is 5.41. The molecule has 2 saturated heterocycles. The number of likely N-dealkylation sites (tertiary alicyclic amines) is 2. The van der Waals surface area contributed by atoms with E-state index >= 15 is 0 Å². The highest BCUT2D eigenvalue weighted by atomic mass is 16.2. The fourth-order valence-corrected chi connectivity index (χ4v) is 3.99. The Labute approximate surface area is 116 Å². The molecule has 2 heterocycles. The zero-order chi connectivity index (χ0) is 13.3. The highest BCUT2D eigenvalue weighted by molar-refractivity contribution is 5.78. The Morgan fingerprint density at radius 2 is 1.79 bits per heavy atom. The number of rotatable bonds is 3. The van der Waals surface area contributed by atoms with Crippen molar-refractivity contribution in [1.82, 2.24) is 9.80 Å². The topological polar surface area (TPSA) is 49.6 Å². The number of nitrogens with two attached hydrogens (primary N) is 1. The number of piperidine rings is 2. The van der Waals surface area contributed by atoms with Crippen LogP contribution in [0.15, 0.2) is 0 Å². The number of nitrogens with zero attached hydrogens (tertiary/aromatic N) is 2. The molecule has 2 aliphatic heterocycles. The number of hydrogen-bond donors (Lipinski definition) is 1. The first-order valence-electron chi connectivity index (χ1n) is 7.94. The van der Waals surface area contributed by atoms with Gasteiger partial charge in [0, 0.05) is 13.1 Å². The van der Waals surface area contributed by atoms with Gasteiger partial charge in [-0.25, -0.2) is 0 Å². The molecular formula is C15H27N3O. The summed E-state index contributed by atoms with van der Waals surface area (Å²) < 4.78 is 0. The quantitative estimate of drug-likeness (QED) is 0.830. The average molecular weight is 265 g/mol.